The van der Waals surface area contributed by atoms with Crippen molar-refractivity contribution in [2.45, 2.75) is 52.6 Å². The van der Waals surface area contributed by atoms with Gasteiger partial charge in [-0.3, -0.25) is 0 Å². The van der Waals surface area contributed by atoms with Crippen molar-refractivity contribution in [2.75, 3.05) is 7.11 Å². The Balaban J connectivity index is 2.20. The molecule has 0 aromatic rings. The van der Waals surface area contributed by atoms with E-state index in [-0.39, 0.29) is 16.9 Å². The lowest BCUT2D eigenvalue weighted by Gasteiger charge is -2.43. The van der Waals surface area contributed by atoms with Crippen molar-refractivity contribution in [2.24, 2.45) is 22.7 Å². The van der Waals surface area contributed by atoms with Crippen molar-refractivity contribution in [3.8, 4) is 0 Å². The molecule has 0 amide bonds. The highest BCUT2D eigenvalue weighted by molar-refractivity contribution is 5.90. The SMILES string of the molecule is CO[C@H]1C(C(=O)O)=C(C)[C@@]23CC[C@@H](C)[C@@H]2CC[C@@]13C. The number of carboxylic acid groups (broad SMARTS) is 1. The first-order valence-electron chi connectivity index (χ1n) is 7.37. The molecule has 5 atom stereocenters. The molecule has 3 heteroatoms. The van der Waals surface area contributed by atoms with Gasteiger partial charge in [0, 0.05) is 17.9 Å². The molecule has 0 aliphatic heterocycles. The molecule has 2 fully saturated rings. The van der Waals surface area contributed by atoms with Crippen molar-refractivity contribution in [1.82, 2.24) is 0 Å². The molecule has 3 aliphatic rings. The zero-order valence-corrected chi connectivity index (χ0v) is 12.3. The largest absolute Gasteiger partial charge is 0.478 e. The van der Waals surface area contributed by atoms with Crippen LogP contribution in [0.25, 0.3) is 0 Å². The summed E-state index contributed by atoms with van der Waals surface area (Å²) in [6.45, 7) is 6.65. The summed E-state index contributed by atoms with van der Waals surface area (Å²) in [5.41, 5.74) is 1.72. The maximum absolute atomic E-state index is 11.7. The van der Waals surface area contributed by atoms with E-state index in [0.717, 1.165) is 18.4 Å². The Morgan fingerprint density at radius 2 is 2.05 bits per heavy atom. The molecular weight excluding hydrogens is 240 g/mol. The first-order chi connectivity index (χ1) is 8.90. The number of methoxy groups -OCH3 is 1. The van der Waals surface area contributed by atoms with Crippen LogP contribution in [0.3, 0.4) is 0 Å². The van der Waals surface area contributed by atoms with Gasteiger partial charge in [0.15, 0.2) is 0 Å². The maximum atomic E-state index is 11.7. The summed E-state index contributed by atoms with van der Waals surface area (Å²) < 4.78 is 5.67. The van der Waals surface area contributed by atoms with Crippen LogP contribution in [0.2, 0.25) is 0 Å². The number of aliphatic carboxylic acids is 1. The van der Waals surface area contributed by atoms with Crippen LogP contribution in [-0.4, -0.2) is 24.3 Å². The topological polar surface area (TPSA) is 46.5 Å². The predicted molar refractivity (Wildman–Crippen MR) is 72.8 cm³/mol. The second-order valence-corrected chi connectivity index (χ2v) is 7.01. The van der Waals surface area contributed by atoms with Gasteiger partial charge in [-0.2, -0.15) is 0 Å². The predicted octanol–water partition coefficient (Wildman–Crippen LogP) is 3.25. The maximum Gasteiger partial charge on any atom is 0.334 e. The first-order valence-corrected chi connectivity index (χ1v) is 7.37. The Bertz CT molecular complexity index is 467. The van der Waals surface area contributed by atoms with Crippen molar-refractivity contribution < 1.29 is 14.6 Å². The number of hydrogen-bond acceptors (Lipinski definition) is 2. The summed E-state index contributed by atoms with van der Waals surface area (Å²) in [5, 5.41) is 9.60. The molecular formula is C16H24O3. The van der Waals surface area contributed by atoms with Crippen LogP contribution in [-0.2, 0) is 9.53 Å². The van der Waals surface area contributed by atoms with Crippen molar-refractivity contribution in [1.29, 1.82) is 0 Å². The standard InChI is InChI=1S/C16H24O3/c1-9-5-8-16-10(2)12(14(17)18)13(19-4)15(16,3)7-6-11(9)16/h9,11,13H,5-8H2,1-4H3,(H,17,18)/t9-,11+,13+,15+,16+/m1/s1. The third kappa shape index (κ3) is 1.25. The van der Waals surface area contributed by atoms with E-state index >= 15 is 0 Å². The summed E-state index contributed by atoms with van der Waals surface area (Å²) in [7, 11) is 1.66. The van der Waals surface area contributed by atoms with E-state index < -0.39 is 5.97 Å². The van der Waals surface area contributed by atoms with E-state index in [1.165, 1.54) is 12.8 Å². The third-order valence-corrected chi connectivity index (χ3v) is 6.69. The normalized spacial score (nSPS) is 48.5. The molecule has 0 heterocycles. The molecule has 0 unspecified atom stereocenters. The molecule has 3 aliphatic carbocycles. The van der Waals surface area contributed by atoms with Gasteiger partial charge in [-0.15, -0.1) is 0 Å². The monoisotopic (exact) mass is 264 g/mol. The lowest BCUT2D eigenvalue weighted by atomic mass is 9.62. The Morgan fingerprint density at radius 3 is 2.63 bits per heavy atom. The molecule has 0 saturated heterocycles. The smallest absolute Gasteiger partial charge is 0.334 e. The lowest BCUT2D eigenvalue weighted by Crippen LogP contribution is -2.42. The van der Waals surface area contributed by atoms with Crippen molar-refractivity contribution in [3.05, 3.63) is 11.1 Å². The summed E-state index contributed by atoms with van der Waals surface area (Å²) in [4.78, 5) is 11.7. The summed E-state index contributed by atoms with van der Waals surface area (Å²) in [6.07, 6.45) is 4.44. The number of carboxylic acids is 1. The highest BCUT2D eigenvalue weighted by Crippen LogP contribution is 2.74. The van der Waals surface area contributed by atoms with Crippen LogP contribution in [0, 0.1) is 22.7 Å². The van der Waals surface area contributed by atoms with Crippen LogP contribution in [0.5, 0.6) is 0 Å². The van der Waals surface area contributed by atoms with Gasteiger partial charge in [0.05, 0.1) is 11.7 Å². The van der Waals surface area contributed by atoms with Crippen LogP contribution in [0.1, 0.15) is 46.5 Å². The minimum Gasteiger partial charge on any atom is -0.478 e. The minimum atomic E-state index is -0.785. The van der Waals surface area contributed by atoms with Crippen molar-refractivity contribution >= 4 is 5.97 Å². The molecule has 1 spiro atoms. The fraction of sp³-hybridized carbons (Fsp3) is 0.812. The van der Waals surface area contributed by atoms with Crippen LogP contribution in [0.4, 0.5) is 0 Å². The van der Waals surface area contributed by atoms with E-state index in [2.05, 4.69) is 20.8 Å². The van der Waals surface area contributed by atoms with E-state index in [1.54, 1.807) is 7.11 Å². The zero-order valence-electron chi connectivity index (χ0n) is 12.3. The molecule has 3 rings (SSSR count). The van der Waals surface area contributed by atoms with Gasteiger partial charge in [-0.25, -0.2) is 4.79 Å². The molecule has 0 bridgehead atoms. The summed E-state index contributed by atoms with van der Waals surface area (Å²) >= 11 is 0. The van der Waals surface area contributed by atoms with Gasteiger partial charge >= 0.3 is 5.97 Å². The highest BCUT2D eigenvalue weighted by Gasteiger charge is 2.69. The van der Waals surface area contributed by atoms with Gasteiger partial charge in [-0.1, -0.05) is 19.4 Å². The number of hydrogen-bond donors (Lipinski definition) is 1. The first kappa shape index (κ1) is 13.2. The Labute approximate surface area is 115 Å². The molecule has 19 heavy (non-hydrogen) atoms. The summed E-state index contributed by atoms with van der Waals surface area (Å²) in [5.74, 6) is 0.571. The van der Waals surface area contributed by atoms with Gasteiger partial charge in [0.2, 0.25) is 0 Å². The quantitative estimate of drug-likeness (QED) is 0.832. The number of ether oxygens (including phenoxy) is 1. The van der Waals surface area contributed by atoms with Gasteiger partial charge in [0.25, 0.3) is 0 Å². The fourth-order valence-electron chi connectivity index (χ4n) is 5.91. The molecule has 1 N–H and O–H groups in total. The Morgan fingerprint density at radius 1 is 1.37 bits per heavy atom. The average molecular weight is 264 g/mol. The average Bonchev–Trinajstić information content (AvgIpc) is 2.89. The molecule has 3 nitrogen and oxygen atoms in total. The Hall–Kier alpha value is -0.830. The number of allylic oxidation sites excluding steroid dienone is 1. The van der Waals surface area contributed by atoms with Crippen LogP contribution in [0.15, 0.2) is 11.1 Å². The lowest BCUT2D eigenvalue weighted by molar-refractivity contribution is -0.135. The molecule has 0 radical (unpaired) electrons. The molecule has 106 valence electrons. The van der Waals surface area contributed by atoms with Crippen LogP contribution >= 0.6 is 0 Å². The zero-order chi connectivity index (χ0) is 14.0. The Kier molecular flexibility index (Phi) is 2.66. The molecule has 0 aromatic carbocycles. The van der Waals surface area contributed by atoms with Gasteiger partial charge < -0.3 is 9.84 Å². The summed E-state index contributed by atoms with van der Waals surface area (Å²) in [6, 6.07) is 0. The molecule has 2 saturated carbocycles. The van der Waals surface area contributed by atoms with Crippen molar-refractivity contribution in [3.63, 3.8) is 0 Å². The minimum absolute atomic E-state index is 0.0189. The van der Waals surface area contributed by atoms with Gasteiger partial charge in [0.1, 0.15) is 0 Å². The second kappa shape index (κ2) is 3.85. The number of rotatable bonds is 2. The third-order valence-electron chi connectivity index (χ3n) is 6.69. The fourth-order valence-corrected chi connectivity index (χ4v) is 5.91. The van der Waals surface area contributed by atoms with Gasteiger partial charge in [-0.05, 0) is 44.4 Å². The molecule has 0 aromatic heterocycles. The second-order valence-electron chi connectivity index (χ2n) is 7.01. The van der Waals surface area contributed by atoms with E-state index in [9.17, 15) is 9.90 Å². The van der Waals surface area contributed by atoms with E-state index in [0.29, 0.717) is 17.4 Å². The van der Waals surface area contributed by atoms with Crippen LogP contribution < -0.4 is 0 Å². The van der Waals surface area contributed by atoms with E-state index in [1.807, 2.05) is 0 Å². The highest BCUT2D eigenvalue weighted by atomic mass is 16.5. The van der Waals surface area contributed by atoms with E-state index in [4.69, 9.17) is 4.74 Å². The number of carbonyl (C=O) groups is 1.